The molecule has 0 heterocycles. The van der Waals surface area contributed by atoms with Crippen LogP contribution in [0.2, 0.25) is 5.02 Å². The van der Waals surface area contributed by atoms with Crippen LogP contribution in [-0.2, 0) is 0 Å². The number of hydrogen-bond donors (Lipinski definition) is 1. The Morgan fingerprint density at radius 3 is 2.72 bits per heavy atom. The molecule has 0 spiro atoms. The molecule has 0 fully saturated rings. The third kappa shape index (κ3) is 5.95. The van der Waals surface area contributed by atoms with Crippen molar-refractivity contribution in [3.63, 3.8) is 0 Å². The number of terminal acetylenes is 1. The van der Waals surface area contributed by atoms with Crippen molar-refractivity contribution in [1.29, 1.82) is 0 Å². The van der Waals surface area contributed by atoms with Crippen molar-refractivity contribution in [2.24, 2.45) is 0 Å². The summed E-state index contributed by atoms with van der Waals surface area (Å²) in [5.41, 5.74) is 0. The van der Waals surface area contributed by atoms with Gasteiger partial charge in [0.05, 0.1) is 0 Å². The third-order valence-electron chi connectivity index (χ3n) is 2.63. The maximum absolute atomic E-state index is 5.82. The fourth-order valence-corrected chi connectivity index (χ4v) is 1.84. The molecule has 1 rings (SSSR count). The molecular formula is C15H20ClNO. The number of rotatable bonds is 8. The number of ether oxygens (including phenoxy) is 1. The van der Waals surface area contributed by atoms with E-state index in [0.29, 0.717) is 12.6 Å². The zero-order chi connectivity index (χ0) is 13.2. The Labute approximate surface area is 115 Å². The number of hydrogen-bond acceptors (Lipinski definition) is 2. The van der Waals surface area contributed by atoms with Gasteiger partial charge in [-0.2, -0.15) is 0 Å². The molecule has 1 aromatic rings. The van der Waals surface area contributed by atoms with Crippen molar-refractivity contribution in [1.82, 2.24) is 5.32 Å². The molecule has 0 saturated carbocycles. The van der Waals surface area contributed by atoms with Crippen LogP contribution < -0.4 is 10.1 Å². The fourth-order valence-electron chi connectivity index (χ4n) is 1.71. The maximum Gasteiger partial charge on any atom is 0.119 e. The van der Waals surface area contributed by atoms with E-state index in [1.807, 2.05) is 24.3 Å². The Balaban J connectivity index is 2.36. The van der Waals surface area contributed by atoms with Gasteiger partial charge in [-0.15, -0.1) is 12.3 Å². The van der Waals surface area contributed by atoms with E-state index >= 15 is 0 Å². The molecule has 1 N–H and O–H groups in total. The first-order valence-corrected chi connectivity index (χ1v) is 6.69. The zero-order valence-electron chi connectivity index (χ0n) is 10.8. The first kappa shape index (κ1) is 14.9. The average Bonchev–Trinajstić information content (AvgIpc) is 2.38. The molecule has 0 aliphatic carbocycles. The third-order valence-corrected chi connectivity index (χ3v) is 2.88. The van der Waals surface area contributed by atoms with E-state index in [1.165, 1.54) is 0 Å². The van der Waals surface area contributed by atoms with Gasteiger partial charge in [0.25, 0.3) is 0 Å². The maximum atomic E-state index is 5.82. The Morgan fingerprint density at radius 1 is 1.39 bits per heavy atom. The molecule has 0 amide bonds. The second-order valence-electron chi connectivity index (χ2n) is 4.12. The van der Waals surface area contributed by atoms with Gasteiger partial charge in [-0.25, -0.2) is 0 Å². The van der Waals surface area contributed by atoms with Gasteiger partial charge in [0, 0.05) is 17.5 Å². The topological polar surface area (TPSA) is 21.3 Å². The van der Waals surface area contributed by atoms with Gasteiger partial charge < -0.3 is 10.1 Å². The summed E-state index contributed by atoms with van der Waals surface area (Å²) in [5.74, 6) is 3.51. The largest absolute Gasteiger partial charge is 0.492 e. The van der Waals surface area contributed by atoms with E-state index in [-0.39, 0.29) is 0 Å². The summed E-state index contributed by atoms with van der Waals surface area (Å²) in [4.78, 5) is 0. The van der Waals surface area contributed by atoms with Crippen molar-refractivity contribution >= 4 is 11.6 Å². The van der Waals surface area contributed by atoms with Gasteiger partial charge in [-0.05, 0) is 43.7 Å². The highest BCUT2D eigenvalue weighted by molar-refractivity contribution is 6.30. The molecule has 98 valence electrons. The van der Waals surface area contributed by atoms with Crippen molar-refractivity contribution in [3.8, 4) is 18.1 Å². The van der Waals surface area contributed by atoms with Crippen LogP contribution in [-0.4, -0.2) is 19.2 Å². The lowest BCUT2D eigenvalue weighted by Crippen LogP contribution is -2.34. The lowest BCUT2D eigenvalue weighted by Gasteiger charge is -2.18. The Bertz CT molecular complexity index is 369. The predicted molar refractivity (Wildman–Crippen MR) is 77.1 cm³/mol. The first-order valence-electron chi connectivity index (χ1n) is 6.31. The van der Waals surface area contributed by atoms with E-state index in [2.05, 4.69) is 18.2 Å². The Kier molecular flexibility index (Phi) is 7.32. The molecule has 0 bridgehead atoms. The Morgan fingerprint density at radius 2 is 2.11 bits per heavy atom. The van der Waals surface area contributed by atoms with Gasteiger partial charge in [0.2, 0.25) is 0 Å². The van der Waals surface area contributed by atoms with E-state index < -0.39 is 0 Å². The SMILES string of the molecule is C#CCCCC(COc1ccc(Cl)cc1)NCC. The lowest BCUT2D eigenvalue weighted by atomic mass is 10.1. The highest BCUT2D eigenvalue weighted by Crippen LogP contribution is 2.16. The van der Waals surface area contributed by atoms with Crippen molar-refractivity contribution in [3.05, 3.63) is 29.3 Å². The second kappa shape index (κ2) is 8.85. The van der Waals surface area contributed by atoms with E-state index in [0.717, 1.165) is 36.6 Å². The van der Waals surface area contributed by atoms with Crippen LogP contribution in [0.1, 0.15) is 26.2 Å². The smallest absolute Gasteiger partial charge is 0.119 e. The molecule has 2 nitrogen and oxygen atoms in total. The van der Waals surface area contributed by atoms with Crippen molar-refractivity contribution in [2.45, 2.75) is 32.2 Å². The van der Waals surface area contributed by atoms with Crippen LogP contribution in [0.5, 0.6) is 5.75 Å². The molecule has 0 saturated heterocycles. The summed E-state index contributed by atoms with van der Waals surface area (Å²) in [7, 11) is 0. The van der Waals surface area contributed by atoms with Gasteiger partial charge in [-0.1, -0.05) is 18.5 Å². The molecule has 3 heteroatoms. The van der Waals surface area contributed by atoms with E-state index in [4.69, 9.17) is 22.8 Å². The number of nitrogens with one attached hydrogen (secondary N) is 1. The number of halogens is 1. The monoisotopic (exact) mass is 265 g/mol. The molecule has 1 aromatic carbocycles. The second-order valence-corrected chi connectivity index (χ2v) is 4.55. The molecule has 0 aliphatic rings. The average molecular weight is 266 g/mol. The number of unbranched alkanes of at least 4 members (excludes halogenated alkanes) is 1. The number of likely N-dealkylation sites (N-methyl/N-ethyl adjacent to an activating group) is 1. The van der Waals surface area contributed by atoms with Crippen LogP contribution in [0.25, 0.3) is 0 Å². The quantitative estimate of drug-likeness (QED) is 0.574. The highest BCUT2D eigenvalue weighted by Gasteiger charge is 2.07. The van der Waals surface area contributed by atoms with Crippen LogP contribution in [0.4, 0.5) is 0 Å². The summed E-state index contributed by atoms with van der Waals surface area (Å²) in [6.07, 6.45) is 8.14. The summed E-state index contributed by atoms with van der Waals surface area (Å²) in [5, 5.41) is 4.13. The van der Waals surface area contributed by atoms with Crippen LogP contribution in [0.15, 0.2) is 24.3 Å². The van der Waals surface area contributed by atoms with Gasteiger partial charge in [0.1, 0.15) is 12.4 Å². The summed E-state index contributed by atoms with van der Waals surface area (Å²) in [6.45, 7) is 3.68. The predicted octanol–water partition coefficient (Wildman–Crippen LogP) is 3.50. The lowest BCUT2D eigenvalue weighted by molar-refractivity contribution is 0.256. The Hall–Kier alpha value is -1.17. The summed E-state index contributed by atoms with van der Waals surface area (Å²) >= 11 is 5.82. The summed E-state index contributed by atoms with van der Waals surface area (Å²) in [6, 6.07) is 7.77. The molecule has 1 unspecified atom stereocenters. The molecule has 18 heavy (non-hydrogen) atoms. The van der Waals surface area contributed by atoms with Crippen LogP contribution in [0.3, 0.4) is 0 Å². The zero-order valence-corrected chi connectivity index (χ0v) is 11.5. The standard InChI is InChI=1S/C15H20ClNO/c1-3-5-6-7-14(17-4-2)12-18-15-10-8-13(16)9-11-15/h1,8-11,14,17H,4-7,12H2,2H3. The molecular weight excluding hydrogens is 246 g/mol. The van der Waals surface area contributed by atoms with Gasteiger partial charge in [0.15, 0.2) is 0 Å². The van der Waals surface area contributed by atoms with Crippen LogP contribution in [0, 0.1) is 12.3 Å². The fraction of sp³-hybridized carbons (Fsp3) is 0.467. The summed E-state index contributed by atoms with van der Waals surface area (Å²) < 4.78 is 5.73. The normalized spacial score (nSPS) is 11.8. The highest BCUT2D eigenvalue weighted by atomic mass is 35.5. The first-order chi connectivity index (χ1) is 8.76. The minimum atomic E-state index is 0.346. The minimum absolute atomic E-state index is 0.346. The van der Waals surface area contributed by atoms with E-state index in [9.17, 15) is 0 Å². The molecule has 0 aliphatic heterocycles. The van der Waals surface area contributed by atoms with E-state index in [1.54, 1.807) is 0 Å². The molecule has 1 atom stereocenters. The van der Waals surface area contributed by atoms with Gasteiger partial charge >= 0.3 is 0 Å². The van der Waals surface area contributed by atoms with Crippen molar-refractivity contribution < 1.29 is 4.74 Å². The van der Waals surface area contributed by atoms with Crippen LogP contribution >= 0.6 is 11.6 Å². The molecule has 0 aromatic heterocycles. The molecule has 0 radical (unpaired) electrons. The number of benzene rings is 1. The van der Waals surface area contributed by atoms with Crippen molar-refractivity contribution in [2.75, 3.05) is 13.2 Å². The minimum Gasteiger partial charge on any atom is -0.492 e. The van der Waals surface area contributed by atoms with Gasteiger partial charge in [-0.3, -0.25) is 0 Å².